The van der Waals surface area contributed by atoms with Crippen LogP contribution in [0.1, 0.15) is 11.1 Å². The Kier molecular flexibility index (Phi) is 3.19. The van der Waals surface area contributed by atoms with Crippen molar-refractivity contribution < 1.29 is 5.21 Å². The van der Waals surface area contributed by atoms with Gasteiger partial charge in [0, 0.05) is 10.5 Å². The molecule has 0 aromatic heterocycles. The first-order valence-corrected chi connectivity index (χ1v) is 5.04. The van der Waals surface area contributed by atoms with Gasteiger partial charge in [-0.2, -0.15) is 0 Å². The molecule has 0 heterocycles. The first kappa shape index (κ1) is 9.92. The number of hydrogen-bond donors (Lipinski definition) is 2. The summed E-state index contributed by atoms with van der Waals surface area (Å²) in [5.74, 6) is 0.158. The molecule has 0 bridgehead atoms. The fourth-order valence-electron chi connectivity index (χ4n) is 1.10. The summed E-state index contributed by atoms with van der Waals surface area (Å²) in [6.45, 7) is 1.94. The van der Waals surface area contributed by atoms with Gasteiger partial charge in [-0.1, -0.05) is 5.16 Å². The number of nitrogens with two attached hydrogens (primary N) is 1. The number of rotatable bonds is 2. The van der Waals surface area contributed by atoms with Crippen LogP contribution in [0.15, 0.2) is 28.3 Å². The monoisotopic (exact) mass is 196 g/mol. The highest BCUT2D eigenvalue weighted by atomic mass is 32.2. The maximum absolute atomic E-state index is 8.50. The standard InChI is InChI=1S/C9H12N2OS/c1-6-5-7(13-2)3-4-8(6)9(10)11-12/h3-5,12H,1-2H3,(H2,10,11). The highest BCUT2D eigenvalue weighted by molar-refractivity contribution is 7.98. The van der Waals surface area contributed by atoms with Gasteiger partial charge in [0.1, 0.15) is 0 Å². The van der Waals surface area contributed by atoms with E-state index in [-0.39, 0.29) is 5.84 Å². The number of oxime groups is 1. The van der Waals surface area contributed by atoms with Gasteiger partial charge < -0.3 is 10.9 Å². The van der Waals surface area contributed by atoms with E-state index in [4.69, 9.17) is 10.9 Å². The van der Waals surface area contributed by atoms with Crippen molar-refractivity contribution in [2.75, 3.05) is 6.26 Å². The Bertz CT molecular complexity index is 336. The molecule has 0 unspecified atom stereocenters. The van der Waals surface area contributed by atoms with Crippen LogP contribution in [0.3, 0.4) is 0 Å². The molecule has 0 saturated heterocycles. The molecule has 13 heavy (non-hydrogen) atoms. The van der Waals surface area contributed by atoms with Gasteiger partial charge >= 0.3 is 0 Å². The summed E-state index contributed by atoms with van der Waals surface area (Å²) in [6, 6.07) is 5.82. The second-order valence-corrected chi connectivity index (χ2v) is 3.55. The summed E-state index contributed by atoms with van der Waals surface area (Å²) in [4.78, 5) is 1.17. The van der Waals surface area contributed by atoms with E-state index in [0.717, 1.165) is 11.1 Å². The third-order valence-electron chi connectivity index (χ3n) is 1.82. The average molecular weight is 196 g/mol. The Morgan fingerprint density at radius 1 is 1.54 bits per heavy atom. The highest BCUT2D eigenvalue weighted by Crippen LogP contribution is 2.18. The van der Waals surface area contributed by atoms with Crippen LogP contribution in [-0.2, 0) is 0 Å². The lowest BCUT2D eigenvalue weighted by Crippen LogP contribution is -2.14. The molecule has 1 aromatic rings. The third kappa shape index (κ3) is 2.15. The van der Waals surface area contributed by atoms with Crippen molar-refractivity contribution in [1.29, 1.82) is 0 Å². The summed E-state index contributed by atoms with van der Waals surface area (Å²) in [5, 5.41) is 11.5. The van der Waals surface area contributed by atoms with Crippen LogP contribution < -0.4 is 5.73 Å². The van der Waals surface area contributed by atoms with Gasteiger partial charge in [-0.05, 0) is 36.9 Å². The van der Waals surface area contributed by atoms with Crippen LogP contribution in [-0.4, -0.2) is 17.3 Å². The number of thioether (sulfide) groups is 1. The summed E-state index contributed by atoms with van der Waals surface area (Å²) in [5.41, 5.74) is 7.27. The van der Waals surface area contributed by atoms with Gasteiger partial charge in [0.15, 0.2) is 5.84 Å². The number of amidine groups is 1. The minimum Gasteiger partial charge on any atom is -0.409 e. The summed E-state index contributed by atoms with van der Waals surface area (Å²) in [6.07, 6.45) is 2.01. The Morgan fingerprint density at radius 3 is 2.69 bits per heavy atom. The first-order valence-electron chi connectivity index (χ1n) is 3.81. The van der Waals surface area contributed by atoms with Crippen LogP contribution in [0.5, 0.6) is 0 Å². The van der Waals surface area contributed by atoms with Crippen molar-refractivity contribution in [1.82, 2.24) is 0 Å². The molecule has 4 heteroatoms. The number of hydrogen-bond acceptors (Lipinski definition) is 3. The average Bonchev–Trinajstić information content (AvgIpc) is 2.16. The lowest BCUT2D eigenvalue weighted by molar-refractivity contribution is 0.318. The third-order valence-corrected chi connectivity index (χ3v) is 2.54. The molecule has 0 amide bonds. The van der Waals surface area contributed by atoms with E-state index in [2.05, 4.69) is 5.16 Å². The van der Waals surface area contributed by atoms with Crippen molar-refractivity contribution >= 4 is 17.6 Å². The zero-order valence-corrected chi connectivity index (χ0v) is 8.43. The SMILES string of the molecule is CSc1ccc(/C(N)=N/O)c(C)c1. The minimum absolute atomic E-state index is 0.158. The molecule has 1 rings (SSSR count). The summed E-state index contributed by atoms with van der Waals surface area (Å²) >= 11 is 1.67. The molecule has 0 aliphatic rings. The van der Waals surface area contributed by atoms with Gasteiger partial charge in [0.25, 0.3) is 0 Å². The smallest absolute Gasteiger partial charge is 0.170 e. The number of aryl methyl sites for hydroxylation is 1. The van der Waals surface area contributed by atoms with Gasteiger partial charge in [-0.25, -0.2) is 0 Å². The van der Waals surface area contributed by atoms with Crippen LogP contribution in [0, 0.1) is 6.92 Å². The second-order valence-electron chi connectivity index (χ2n) is 2.67. The molecule has 70 valence electrons. The molecule has 3 nitrogen and oxygen atoms in total. The molecule has 0 fully saturated rings. The highest BCUT2D eigenvalue weighted by Gasteiger charge is 2.03. The molecular formula is C9H12N2OS. The molecule has 0 aliphatic carbocycles. The predicted molar refractivity (Wildman–Crippen MR) is 55.5 cm³/mol. The Labute approximate surface area is 81.6 Å². The number of nitrogens with zero attached hydrogens (tertiary/aromatic N) is 1. The lowest BCUT2D eigenvalue weighted by atomic mass is 10.1. The van der Waals surface area contributed by atoms with E-state index in [0.29, 0.717) is 0 Å². The van der Waals surface area contributed by atoms with E-state index in [1.165, 1.54) is 4.90 Å². The number of benzene rings is 1. The molecule has 0 radical (unpaired) electrons. The molecular weight excluding hydrogens is 184 g/mol. The van der Waals surface area contributed by atoms with E-state index in [9.17, 15) is 0 Å². The fourth-order valence-corrected chi connectivity index (χ4v) is 1.60. The molecule has 0 atom stereocenters. The van der Waals surface area contributed by atoms with Crippen LogP contribution >= 0.6 is 11.8 Å². The molecule has 0 spiro atoms. The van der Waals surface area contributed by atoms with Gasteiger partial charge in [-0.15, -0.1) is 11.8 Å². The van der Waals surface area contributed by atoms with Crippen LogP contribution in [0.4, 0.5) is 0 Å². The quantitative estimate of drug-likeness (QED) is 0.249. The van der Waals surface area contributed by atoms with Crippen LogP contribution in [0.25, 0.3) is 0 Å². The first-order chi connectivity index (χ1) is 6.19. The zero-order valence-electron chi connectivity index (χ0n) is 7.61. The molecule has 0 saturated carbocycles. The minimum atomic E-state index is 0.158. The molecule has 3 N–H and O–H groups in total. The molecule has 0 aliphatic heterocycles. The Hall–Kier alpha value is -1.16. The topological polar surface area (TPSA) is 58.6 Å². The molecule has 1 aromatic carbocycles. The van der Waals surface area contributed by atoms with E-state index in [1.807, 2.05) is 31.4 Å². The van der Waals surface area contributed by atoms with Gasteiger partial charge in [-0.3, -0.25) is 0 Å². The largest absolute Gasteiger partial charge is 0.409 e. The summed E-state index contributed by atoms with van der Waals surface area (Å²) < 4.78 is 0. The van der Waals surface area contributed by atoms with Crippen molar-refractivity contribution in [3.05, 3.63) is 29.3 Å². The predicted octanol–water partition coefficient (Wildman–Crippen LogP) is 1.81. The van der Waals surface area contributed by atoms with Crippen molar-refractivity contribution in [3.8, 4) is 0 Å². The maximum atomic E-state index is 8.50. The lowest BCUT2D eigenvalue weighted by Gasteiger charge is -2.04. The Balaban J connectivity index is 3.12. The van der Waals surface area contributed by atoms with E-state index >= 15 is 0 Å². The van der Waals surface area contributed by atoms with E-state index in [1.54, 1.807) is 11.8 Å². The second kappa shape index (κ2) is 4.18. The maximum Gasteiger partial charge on any atom is 0.170 e. The van der Waals surface area contributed by atoms with Crippen LogP contribution in [0.2, 0.25) is 0 Å². The van der Waals surface area contributed by atoms with Crippen molar-refractivity contribution in [2.24, 2.45) is 10.9 Å². The zero-order chi connectivity index (χ0) is 9.84. The van der Waals surface area contributed by atoms with Gasteiger partial charge in [0.05, 0.1) is 0 Å². The normalized spacial score (nSPS) is 11.7. The summed E-state index contributed by atoms with van der Waals surface area (Å²) in [7, 11) is 0. The Morgan fingerprint density at radius 2 is 2.23 bits per heavy atom. The van der Waals surface area contributed by atoms with Crippen molar-refractivity contribution in [2.45, 2.75) is 11.8 Å². The fraction of sp³-hybridized carbons (Fsp3) is 0.222. The van der Waals surface area contributed by atoms with Crippen molar-refractivity contribution in [3.63, 3.8) is 0 Å². The van der Waals surface area contributed by atoms with E-state index < -0.39 is 0 Å². The van der Waals surface area contributed by atoms with Gasteiger partial charge in [0.2, 0.25) is 0 Å².